The van der Waals surface area contributed by atoms with E-state index in [1.54, 1.807) is 11.8 Å². The molecule has 3 nitrogen and oxygen atoms in total. The van der Waals surface area contributed by atoms with Gasteiger partial charge >= 0.3 is 0 Å². The number of benzene rings is 2. The number of hydrogen-bond acceptors (Lipinski definition) is 3. The van der Waals surface area contributed by atoms with Crippen LogP contribution in [0, 0.1) is 0 Å². The fourth-order valence-electron chi connectivity index (χ4n) is 1.89. The first-order valence-corrected chi connectivity index (χ1v) is 8.36. The molecule has 116 valence electrons. The highest BCUT2D eigenvalue weighted by Crippen LogP contribution is 2.19. The Morgan fingerprint density at radius 1 is 1.09 bits per heavy atom. The van der Waals surface area contributed by atoms with Gasteiger partial charge in [-0.1, -0.05) is 18.2 Å². The molecule has 2 aromatic carbocycles. The molecule has 0 aliphatic heterocycles. The van der Waals surface area contributed by atoms with E-state index in [0.717, 1.165) is 17.2 Å². The molecule has 0 radical (unpaired) electrons. The van der Waals surface area contributed by atoms with E-state index < -0.39 is 0 Å². The van der Waals surface area contributed by atoms with Crippen LogP contribution in [0.2, 0.25) is 0 Å². The van der Waals surface area contributed by atoms with Crippen molar-refractivity contribution in [3.05, 3.63) is 54.6 Å². The summed E-state index contributed by atoms with van der Waals surface area (Å²) in [5, 5.41) is 2.90. The lowest BCUT2D eigenvalue weighted by Gasteiger charge is -2.10. The number of carbonyl (C=O) groups excluding carboxylic acids is 1. The van der Waals surface area contributed by atoms with E-state index in [1.165, 1.54) is 4.90 Å². The number of nitrogens with one attached hydrogen (secondary N) is 1. The normalized spacial score (nSPS) is 10.5. The van der Waals surface area contributed by atoms with E-state index in [1.807, 2.05) is 56.3 Å². The molecule has 0 aliphatic rings. The highest BCUT2D eigenvalue weighted by Gasteiger charge is 2.04. The summed E-state index contributed by atoms with van der Waals surface area (Å²) >= 11 is 1.69. The van der Waals surface area contributed by atoms with Gasteiger partial charge in [-0.3, -0.25) is 4.79 Å². The van der Waals surface area contributed by atoms with Gasteiger partial charge < -0.3 is 10.1 Å². The third-order valence-electron chi connectivity index (χ3n) is 2.85. The van der Waals surface area contributed by atoms with E-state index in [4.69, 9.17) is 4.74 Å². The van der Waals surface area contributed by atoms with Gasteiger partial charge in [-0.15, -0.1) is 11.8 Å². The van der Waals surface area contributed by atoms with Crippen LogP contribution < -0.4 is 10.1 Å². The summed E-state index contributed by atoms with van der Waals surface area (Å²) in [6.45, 7) is 3.97. The Labute approximate surface area is 136 Å². The highest BCUT2D eigenvalue weighted by molar-refractivity contribution is 7.99. The van der Waals surface area contributed by atoms with Gasteiger partial charge in [0.25, 0.3) is 0 Å². The topological polar surface area (TPSA) is 38.3 Å². The molecule has 0 bridgehead atoms. The number of ether oxygens (including phenoxy) is 1. The van der Waals surface area contributed by atoms with Crippen LogP contribution in [0.5, 0.6) is 5.75 Å². The number of amides is 1. The molecule has 4 heteroatoms. The summed E-state index contributed by atoms with van der Waals surface area (Å²) in [4.78, 5) is 13.1. The fourth-order valence-corrected chi connectivity index (χ4v) is 2.76. The number of hydrogen-bond donors (Lipinski definition) is 1. The predicted molar refractivity (Wildman–Crippen MR) is 92.6 cm³/mol. The van der Waals surface area contributed by atoms with Crippen molar-refractivity contribution in [3.8, 4) is 5.75 Å². The van der Waals surface area contributed by atoms with E-state index in [2.05, 4.69) is 17.4 Å². The Kier molecular flexibility index (Phi) is 6.34. The largest absolute Gasteiger partial charge is 0.491 e. The second kappa shape index (κ2) is 8.49. The van der Waals surface area contributed by atoms with Crippen molar-refractivity contribution in [1.29, 1.82) is 0 Å². The molecule has 2 aromatic rings. The molecule has 0 aromatic heterocycles. The van der Waals surface area contributed by atoms with Gasteiger partial charge in [0.2, 0.25) is 5.91 Å². The molecule has 0 unspecified atom stereocenters. The van der Waals surface area contributed by atoms with Crippen molar-refractivity contribution < 1.29 is 9.53 Å². The molecule has 0 aliphatic carbocycles. The zero-order valence-corrected chi connectivity index (χ0v) is 13.7. The lowest BCUT2D eigenvalue weighted by Crippen LogP contribution is -2.12. The molecule has 22 heavy (non-hydrogen) atoms. The third kappa shape index (κ3) is 5.82. The Morgan fingerprint density at radius 2 is 1.77 bits per heavy atom. The zero-order chi connectivity index (χ0) is 15.8. The molecule has 0 spiro atoms. The van der Waals surface area contributed by atoms with E-state index >= 15 is 0 Å². The number of carbonyl (C=O) groups is 1. The van der Waals surface area contributed by atoms with Crippen molar-refractivity contribution in [1.82, 2.24) is 0 Å². The minimum absolute atomic E-state index is 0.0287. The first kappa shape index (κ1) is 16.4. The molecule has 0 atom stereocenters. The second-order valence-corrected chi connectivity index (χ2v) is 6.32. The van der Waals surface area contributed by atoms with Crippen LogP contribution in [-0.4, -0.2) is 17.8 Å². The maximum Gasteiger partial charge on any atom is 0.225 e. The highest BCUT2D eigenvalue weighted by atomic mass is 32.2. The fraction of sp³-hybridized carbons (Fsp3) is 0.278. The van der Waals surface area contributed by atoms with Crippen LogP contribution in [0.1, 0.15) is 20.3 Å². The number of thioether (sulfide) groups is 1. The van der Waals surface area contributed by atoms with Crippen molar-refractivity contribution in [3.63, 3.8) is 0 Å². The van der Waals surface area contributed by atoms with Gasteiger partial charge in [-0.25, -0.2) is 0 Å². The lowest BCUT2D eigenvalue weighted by atomic mass is 10.3. The number of rotatable bonds is 7. The summed E-state index contributed by atoms with van der Waals surface area (Å²) in [7, 11) is 0. The summed E-state index contributed by atoms with van der Waals surface area (Å²) in [5.41, 5.74) is 0.797. The van der Waals surface area contributed by atoms with Gasteiger partial charge in [-0.2, -0.15) is 0 Å². The third-order valence-corrected chi connectivity index (χ3v) is 3.86. The second-order valence-electron chi connectivity index (χ2n) is 5.15. The SMILES string of the molecule is CC(C)Oc1ccc(NC(=O)CCSc2ccccc2)cc1. The van der Waals surface area contributed by atoms with Crippen molar-refractivity contribution in [2.24, 2.45) is 0 Å². The average Bonchev–Trinajstić information content (AvgIpc) is 2.50. The summed E-state index contributed by atoms with van der Waals surface area (Å²) < 4.78 is 5.57. The van der Waals surface area contributed by atoms with Crippen molar-refractivity contribution in [2.75, 3.05) is 11.1 Å². The standard InChI is InChI=1S/C18H21NO2S/c1-14(2)21-16-10-8-15(9-11-16)19-18(20)12-13-22-17-6-4-3-5-7-17/h3-11,14H,12-13H2,1-2H3,(H,19,20). The maximum atomic E-state index is 11.9. The quantitative estimate of drug-likeness (QED) is 0.759. The first-order valence-electron chi connectivity index (χ1n) is 7.38. The summed E-state index contributed by atoms with van der Waals surface area (Å²) in [6.07, 6.45) is 0.638. The van der Waals surface area contributed by atoms with Gasteiger partial charge in [0.15, 0.2) is 0 Å². The minimum Gasteiger partial charge on any atom is -0.491 e. The van der Waals surface area contributed by atoms with Crippen LogP contribution >= 0.6 is 11.8 Å². The molecule has 0 fully saturated rings. The minimum atomic E-state index is 0.0287. The van der Waals surface area contributed by atoms with E-state index in [9.17, 15) is 4.79 Å². The Balaban J connectivity index is 1.74. The lowest BCUT2D eigenvalue weighted by molar-refractivity contribution is -0.115. The van der Waals surface area contributed by atoms with Crippen LogP contribution in [0.25, 0.3) is 0 Å². The van der Waals surface area contributed by atoms with E-state index in [0.29, 0.717) is 6.42 Å². The molecule has 1 amide bonds. The smallest absolute Gasteiger partial charge is 0.225 e. The summed E-state index contributed by atoms with van der Waals surface area (Å²) in [6, 6.07) is 17.6. The molecule has 0 saturated carbocycles. The van der Waals surface area contributed by atoms with Gasteiger partial charge in [0.05, 0.1) is 6.10 Å². The van der Waals surface area contributed by atoms with Gasteiger partial charge in [0, 0.05) is 22.8 Å². The molecule has 0 heterocycles. The summed E-state index contributed by atoms with van der Waals surface area (Å²) in [5.74, 6) is 1.61. The molecular weight excluding hydrogens is 294 g/mol. The van der Waals surface area contributed by atoms with Crippen molar-refractivity contribution in [2.45, 2.75) is 31.3 Å². The van der Waals surface area contributed by atoms with Crippen LogP contribution in [0.3, 0.4) is 0 Å². The zero-order valence-electron chi connectivity index (χ0n) is 12.9. The molecule has 2 rings (SSSR count). The monoisotopic (exact) mass is 315 g/mol. The molecule has 0 saturated heterocycles. The van der Waals surface area contributed by atoms with Gasteiger partial charge in [0.1, 0.15) is 5.75 Å². The molecular formula is C18H21NO2S. The van der Waals surface area contributed by atoms with Crippen LogP contribution in [-0.2, 0) is 4.79 Å². The van der Waals surface area contributed by atoms with E-state index in [-0.39, 0.29) is 12.0 Å². The number of anilines is 1. The van der Waals surface area contributed by atoms with Crippen LogP contribution in [0.15, 0.2) is 59.5 Å². The van der Waals surface area contributed by atoms with Crippen LogP contribution in [0.4, 0.5) is 5.69 Å². The predicted octanol–water partition coefficient (Wildman–Crippen LogP) is 4.59. The average molecular weight is 315 g/mol. The Hall–Kier alpha value is -1.94. The molecule has 1 N–H and O–H groups in total. The van der Waals surface area contributed by atoms with Gasteiger partial charge in [-0.05, 0) is 50.2 Å². The van der Waals surface area contributed by atoms with Crippen molar-refractivity contribution >= 4 is 23.4 Å². The Bertz CT molecular complexity index is 582. The first-order chi connectivity index (χ1) is 10.6. The Morgan fingerprint density at radius 3 is 2.41 bits per heavy atom. The maximum absolute atomic E-state index is 11.9.